The van der Waals surface area contributed by atoms with Crippen molar-refractivity contribution in [3.8, 4) is 5.75 Å². The molecule has 0 saturated carbocycles. The molecule has 4 rings (SSSR count). The predicted molar refractivity (Wildman–Crippen MR) is 132 cm³/mol. The van der Waals surface area contributed by atoms with Gasteiger partial charge in [-0.05, 0) is 81.3 Å². The van der Waals surface area contributed by atoms with Crippen LogP contribution in [0.4, 0.5) is 5.69 Å². The van der Waals surface area contributed by atoms with Gasteiger partial charge in [-0.25, -0.2) is 0 Å². The molecule has 1 aliphatic rings. The molecule has 0 bridgehead atoms. The fourth-order valence-corrected chi connectivity index (χ4v) is 3.99. The maximum Gasteiger partial charge on any atom is 0.255 e. The highest BCUT2D eigenvalue weighted by Gasteiger charge is 2.28. The van der Waals surface area contributed by atoms with E-state index in [2.05, 4.69) is 30.5 Å². The molecule has 5 heteroatoms. The summed E-state index contributed by atoms with van der Waals surface area (Å²) in [5, 5.41) is 6.36. The lowest BCUT2D eigenvalue weighted by molar-refractivity contribution is 0.102. The number of ketones is 1. The molecule has 5 nitrogen and oxygen atoms in total. The number of carbonyl (C=O) groups excluding carboxylic acids is 2. The third-order valence-corrected chi connectivity index (χ3v) is 5.73. The van der Waals surface area contributed by atoms with Crippen LogP contribution in [0.2, 0.25) is 0 Å². The first-order chi connectivity index (χ1) is 15.7. The number of hydrogen-bond acceptors (Lipinski definition) is 4. The summed E-state index contributed by atoms with van der Waals surface area (Å²) in [4.78, 5) is 25.5. The number of methoxy groups -OCH3 is 1. The fourth-order valence-electron chi connectivity index (χ4n) is 3.99. The van der Waals surface area contributed by atoms with Crippen LogP contribution in [0.25, 0.3) is 5.70 Å². The van der Waals surface area contributed by atoms with Crippen LogP contribution >= 0.6 is 0 Å². The SMILES string of the molecule is COc1ccc2c(c1)/C(=C/C(=O)c1ccc(NC(=O)c3ccc(C)cc3)cc1)NC(C)(C)C2. The number of nitrogens with one attached hydrogen (secondary N) is 2. The zero-order chi connectivity index (χ0) is 23.6. The molecular formula is C28H28N2O3. The summed E-state index contributed by atoms with van der Waals surface area (Å²) in [6.45, 7) is 6.21. The van der Waals surface area contributed by atoms with Crippen LogP contribution in [0.15, 0.2) is 72.8 Å². The van der Waals surface area contributed by atoms with Crippen molar-refractivity contribution in [1.29, 1.82) is 0 Å². The number of anilines is 1. The molecule has 1 aliphatic heterocycles. The van der Waals surface area contributed by atoms with Crippen LogP contribution in [0, 0.1) is 6.92 Å². The summed E-state index contributed by atoms with van der Waals surface area (Å²) in [5.74, 6) is 0.457. The van der Waals surface area contributed by atoms with E-state index < -0.39 is 0 Å². The second kappa shape index (κ2) is 8.94. The van der Waals surface area contributed by atoms with Crippen molar-refractivity contribution >= 4 is 23.1 Å². The second-order valence-electron chi connectivity index (χ2n) is 9.03. The standard InChI is InChI=1S/C28H28N2O3/c1-18-5-7-20(8-6-18)27(32)29-22-12-9-19(10-13-22)26(31)16-25-24-15-23(33-4)14-11-21(24)17-28(2,3)30-25/h5-16,30H,17H2,1-4H3,(H,29,32)/b25-16-. The maximum atomic E-state index is 13.0. The molecule has 1 amide bonds. The largest absolute Gasteiger partial charge is 0.497 e. The lowest BCUT2D eigenvalue weighted by Crippen LogP contribution is -2.43. The molecule has 0 unspecified atom stereocenters. The topological polar surface area (TPSA) is 67.4 Å². The average Bonchev–Trinajstić information content (AvgIpc) is 2.79. The molecule has 0 spiro atoms. The molecule has 0 aromatic heterocycles. The predicted octanol–water partition coefficient (Wildman–Crippen LogP) is 5.40. The first-order valence-electron chi connectivity index (χ1n) is 10.9. The van der Waals surface area contributed by atoms with Gasteiger partial charge in [0.2, 0.25) is 0 Å². The van der Waals surface area contributed by atoms with E-state index in [0.29, 0.717) is 16.8 Å². The maximum absolute atomic E-state index is 13.0. The number of carbonyl (C=O) groups is 2. The molecule has 3 aromatic rings. The Hall–Kier alpha value is -3.86. The first kappa shape index (κ1) is 22.3. The highest BCUT2D eigenvalue weighted by atomic mass is 16.5. The van der Waals surface area contributed by atoms with Crippen LogP contribution in [-0.2, 0) is 6.42 Å². The van der Waals surface area contributed by atoms with E-state index in [9.17, 15) is 9.59 Å². The number of aryl methyl sites for hydroxylation is 1. The lowest BCUT2D eigenvalue weighted by atomic mass is 9.85. The van der Waals surface area contributed by atoms with Gasteiger partial charge >= 0.3 is 0 Å². The Morgan fingerprint density at radius 2 is 1.64 bits per heavy atom. The zero-order valence-electron chi connectivity index (χ0n) is 19.4. The minimum Gasteiger partial charge on any atom is -0.497 e. The smallest absolute Gasteiger partial charge is 0.255 e. The van der Waals surface area contributed by atoms with Gasteiger partial charge in [0, 0.05) is 39.7 Å². The molecule has 33 heavy (non-hydrogen) atoms. The highest BCUT2D eigenvalue weighted by Crippen LogP contribution is 2.32. The Morgan fingerprint density at radius 3 is 2.30 bits per heavy atom. The van der Waals surface area contributed by atoms with E-state index in [-0.39, 0.29) is 17.2 Å². The number of ether oxygens (including phenoxy) is 1. The Balaban J connectivity index is 1.54. The molecule has 2 N–H and O–H groups in total. The van der Waals surface area contributed by atoms with E-state index in [1.807, 2.05) is 31.2 Å². The van der Waals surface area contributed by atoms with Gasteiger partial charge in [0.05, 0.1) is 7.11 Å². The molecule has 0 radical (unpaired) electrons. The van der Waals surface area contributed by atoms with Crippen LogP contribution < -0.4 is 15.4 Å². The summed E-state index contributed by atoms with van der Waals surface area (Å²) in [5.41, 5.74) is 5.63. The van der Waals surface area contributed by atoms with Crippen molar-refractivity contribution < 1.29 is 14.3 Å². The van der Waals surface area contributed by atoms with Crippen molar-refractivity contribution in [3.05, 3.63) is 101 Å². The van der Waals surface area contributed by atoms with E-state index in [4.69, 9.17) is 4.74 Å². The quantitative estimate of drug-likeness (QED) is 0.412. The summed E-state index contributed by atoms with van der Waals surface area (Å²) in [7, 11) is 1.63. The highest BCUT2D eigenvalue weighted by molar-refractivity contribution is 6.09. The first-order valence-corrected chi connectivity index (χ1v) is 10.9. The minimum atomic E-state index is -0.185. The van der Waals surface area contributed by atoms with Gasteiger partial charge in [-0.2, -0.15) is 0 Å². The number of benzene rings is 3. The van der Waals surface area contributed by atoms with Crippen LogP contribution in [0.3, 0.4) is 0 Å². The molecule has 0 aliphatic carbocycles. The van der Waals surface area contributed by atoms with Crippen molar-refractivity contribution in [2.24, 2.45) is 0 Å². The van der Waals surface area contributed by atoms with Gasteiger partial charge < -0.3 is 15.4 Å². The molecule has 3 aromatic carbocycles. The molecule has 168 valence electrons. The van der Waals surface area contributed by atoms with E-state index >= 15 is 0 Å². The van der Waals surface area contributed by atoms with Crippen molar-refractivity contribution in [2.45, 2.75) is 32.7 Å². The van der Waals surface area contributed by atoms with E-state index in [1.54, 1.807) is 49.6 Å². The van der Waals surface area contributed by atoms with Gasteiger partial charge in [0.1, 0.15) is 5.75 Å². The van der Waals surface area contributed by atoms with Crippen LogP contribution in [0.5, 0.6) is 5.75 Å². The summed E-state index contributed by atoms with van der Waals surface area (Å²) >= 11 is 0. The second-order valence-corrected chi connectivity index (χ2v) is 9.03. The molecule has 0 fully saturated rings. The average molecular weight is 441 g/mol. The third kappa shape index (κ3) is 5.14. The summed E-state index contributed by atoms with van der Waals surface area (Å²) < 4.78 is 5.38. The van der Waals surface area contributed by atoms with Crippen molar-refractivity contribution in [1.82, 2.24) is 5.32 Å². The van der Waals surface area contributed by atoms with Crippen molar-refractivity contribution in [3.63, 3.8) is 0 Å². The monoisotopic (exact) mass is 440 g/mol. The van der Waals surface area contributed by atoms with Crippen LogP contribution in [-0.4, -0.2) is 24.3 Å². The Morgan fingerprint density at radius 1 is 0.970 bits per heavy atom. The van der Waals surface area contributed by atoms with Gasteiger partial charge in [0.15, 0.2) is 5.78 Å². The molecule has 0 atom stereocenters. The normalized spacial score (nSPS) is 15.3. The number of hydrogen-bond donors (Lipinski definition) is 2. The fraction of sp³-hybridized carbons (Fsp3) is 0.214. The Bertz CT molecular complexity index is 1220. The number of amides is 1. The van der Waals surface area contributed by atoms with Crippen molar-refractivity contribution in [2.75, 3.05) is 12.4 Å². The minimum absolute atomic E-state index is 0.111. The molecule has 0 saturated heterocycles. The Kier molecular flexibility index (Phi) is 6.05. The van der Waals surface area contributed by atoms with Gasteiger partial charge in [-0.3, -0.25) is 9.59 Å². The van der Waals surface area contributed by atoms with E-state index in [0.717, 1.165) is 29.0 Å². The Labute approximate surface area is 194 Å². The van der Waals surface area contributed by atoms with E-state index in [1.165, 1.54) is 5.56 Å². The van der Waals surface area contributed by atoms with Crippen LogP contribution in [0.1, 0.15) is 51.3 Å². The van der Waals surface area contributed by atoms with Gasteiger partial charge in [-0.15, -0.1) is 0 Å². The third-order valence-electron chi connectivity index (χ3n) is 5.73. The zero-order valence-corrected chi connectivity index (χ0v) is 19.4. The molecular weight excluding hydrogens is 412 g/mol. The van der Waals surface area contributed by atoms with Gasteiger partial charge in [0.25, 0.3) is 5.91 Å². The molecule has 1 heterocycles. The summed E-state index contributed by atoms with van der Waals surface area (Å²) in [6, 6.07) is 20.3. The number of allylic oxidation sites excluding steroid dienone is 1. The number of fused-ring (bicyclic) bond motifs is 1. The number of rotatable bonds is 5. The van der Waals surface area contributed by atoms with Gasteiger partial charge in [-0.1, -0.05) is 23.8 Å². The summed E-state index contributed by atoms with van der Waals surface area (Å²) in [6.07, 6.45) is 2.49. The lowest BCUT2D eigenvalue weighted by Gasteiger charge is -2.35.